The van der Waals surface area contributed by atoms with Gasteiger partial charge < -0.3 is 15.7 Å². The van der Waals surface area contributed by atoms with Crippen molar-refractivity contribution in [2.75, 3.05) is 11.4 Å². The molecule has 1 saturated heterocycles. The molecule has 3 unspecified atom stereocenters. The van der Waals surface area contributed by atoms with E-state index in [-0.39, 0.29) is 5.92 Å². The standard InChI is InChI=1S/C17H25N3O2/c1-17(22)8-3-2-5-13(17)15-6-4-10-20(15)12-7-9-19-14(11-12)16(18)21/h7,9,11,13,15,22H,2-6,8,10H2,1H3,(H2,18,21). The van der Waals surface area contributed by atoms with Crippen molar-refractivity contribution in [3.05, 3.63) is 24.0 Å². The summed E-state index contributed by atoms with van der Waals surface area (Å²) in [7, 11) is 0. The fourth-order valence-corrected chi connectivity index (χ4v) is 4.21. The molecule has 2 heterocycles. The maximum absolute atomic E-state index is 11.4. The van der Waals surface area contributed by atoms with Gasteiger partial charge in [0.1, 0.15) is 5.69 Å². The van der Waals surface area contributed by atoms with Crippen molar-refractivity contribution in [1.82, 2.24) is 4.98 Å². The predicted molar refractivity (Wildman–Crippen MR) is 85.7 cm³/mol. The van der Waals surface area contributed by atoms with E-state index in [0.717, 1.165) is 44.3 Å². The van der Waals surface area contributed by atoms with E-state index in [1.54, 1.807) is 12.3 Å². The molecule has 0 aromatic carbocycles. The molecule has 5 heteroatoms. The number of nitrogens with zero attached hydrogens (tertiary/aromatic N) is 2. The summed E-state index contributed by atoms with van der Waals surface area (Å²) in [6.07, 6.45) is 8.10. The van der Waals surface area contributed by atoms with Gasteiger partial charge in [-0.25, -0.2) is 0 Å². The minimum absolute atomic E-state index is 0.286. The number of aliphatic hydroxyl groups is 1. The lowest BCUT2D eigenvalue weighted by Crippen LogP contribution is -2.49. The molecule has 1 saturated carbocycles. The number of anilines is 1. The van der Waals surface area contributed by atoms with Gasteiger partial charge in [0.25, 0.3) is 5.91 Å². The second-order valence-electron chi connectivity index (χ2n) is 6.88. The maximum Gasteiger partial charge on any atom is 0.267 e. The summed E-state index contributed by atoms with van der Waals surface area (Å²) < 4.78 is 0. The van der Waals surface area contributed by atoms with E-state index >= 15 is 0 Å². The van der Waals surface area contributed by atoms with Crippen LogP contribution in [0.2, 0.25) is 0 Å². The summed E-state index contributed by atoms with van der Waals surface area (Å²) in [6, 6.07) is 4.04. The Hall–Kier alpha value is -1.62. The third-order valence-corrected chi connectivity index (χ3v) is 5.34. The first kappa shape index (κ1) is 15.3. The number of carbonyl (C=O) groups excluding carboxylic acids is 1. The smallest absolute Gasteiger partial charge is 0.267 e. The second-order valence-corrected chi connectivity index (χ2v) is 6.88. The molecule has 3 atom stereocenters. The van der Waals surface area contributed by atoms with Gasteiger partial charge in [-0.15, -0.1) is 0 Å². The minimum Gasteiger partial charge on any atom is -0.390 e. The molecule has 1 amide bonds. The van der Waals surface area contributed by atoms with E-state index in [9.17, 15) is 9.90 Å². The Morgan fingerprint density at radius 1 is 1.41 bits per heavy atom. The van der Waals surface area contributed by atoms with Crippen LogP contribution in [0.15, 0.2) is 18.3 Å². The molecule has 3 rings (SSSR count). The monoisotopic (exact) mass is 303 g/mol. The van der Waals surface area contributed by atoms with Crippen LogP contribution in [0.25, 0.3) is 0 Å². The summed E-state index contributed by atoms with van der Waals surface area (Å²) in [5.74, 6) is -0.212. The Morgan fingerprint density at radius 2 is 2.23 bits per heavy atom. The Bertz CT molecular complexity index is 559. The molecular formula is C17H25N3O2. The molecule has 120 valence electrons. The predicted octanol–water partition coefficient (Wildman–Crippen LogP) is 2.09. The van der Waals surface area contributed by atoms with Crippen LogP contribution in [0.3, 0.4) is 0 Å². The third kappa shape index (κ3) is 2.82. The molecule has 1 aliphatic heterocycles. The maximum atomic E-state index is 11.4. The number of nitrogens with two attached hydrogens (primary N) is 1. The highest BCUT2D eigenvalue weighted by atomic mass is 16.3. The normalized spacial score (nSPS) is 32.2. The number of hydrogen-bond donors (Lipinski definition) is 2. The molecule has 5 nitrogen and oxygen atoms in total. The van der Waals surface area contributed by atoms with Crippen molar-refractivity contribution in [3.63, 3.8) is 0 Å². The first-order valence-electron chi connectivity index (χ1n) is 8.24. The molecule has 1 aromatic rings. The Kier molecular flexibility index (Phi) is 4.08. The van der Waals surface area contributed by atoms with Gasteiger partial charge in [0.15, 0.2) is 0 Å². The zero-order valence-corrected chi connectivity index (χ0v) is 13.2. The molecule has 1 aliphatic carbocycles. The summed E-state index contributed by atoms with van der Waals surface area (Å²) in [6.45, 7) is 2.94. The zero-order chi connectivity index (χ0) is 15.7. The molecule has 0 spiro atoms. The van der Waals surface area contributed by atoms with Crippen molar-refractivity contribution in [2.45, 2.75) is 57.1 Å². The van der Waals surface area contributed by atoms with Crippen LogP contribution >= 0.6 is 0 Å². The van der Waals surface area contributed by atoms with Gasteiger partial charge in [0.05, 0.1) is 5.60 Å². The molecule has 22 heavy (non-hydrogen) atoms. The van der Waals surface area contributed by atoms with Crippen LogP contribution in [0, 0.1) is 5.92 Å². The lowest BCUT2D eigenvalue weighted by molar-refractivity contribution is -0.0410. The van der Waals surface area contributed by atoms with Crippen LogP contribution < -0.4 is 10.6 Å². The quantitative estimate of drug-likeness (QED) is 0.896. The van der Waals surface area contributed by atoms with Gasteiger partial charge in [-0.2, -0.15) is 0 Å². The number of rotatable bonds is 3. The van der Waals surface area contributed by atoms with Gasteiger partial charge in [-0.3, -0.25) is 9.78 Å². The van der Waals surface area contributed by atoms with Crippen LogP contribution in [0.4, 0.5) is 5.69 Å². The fraction of sp³-hybridized carbons (Fsp3) is 0.647. The lowest BCUT2D eigenvalue weighted by atomic mass is 9.72. The van der Waals surface area contributed by atoms with Gasteiger partial charge in [-0.05, 0) is 44.7 Å². The van der Waals surface area contributed by atoms with E-state index < -0.39 is 11.5 Å². The molecular weight excluding hydrogens is 278 g/mol. The van der Waals surface area contributed by atoms with Crippen molar-refractivity contribution in [1.29, 1.82) is 0 Å². The van der Waals surface area contributed by atoms with E-state index in [4.69, 9.17) is 5.73 Å². The highest BCUT2D eigenvalue weighted by Gasteiger charge is 2.43. The second kappa shape index (κ2) is 5.88. The Labute approximate surface area is 131 Å². The Balaban J connectivity index is 1.87. The number of aromatic nitrogens is 1. The largest absolute Gasteiger partial charge is 0.390 e. The highest BCUT2D eigenvalue weighted by Crippen LogP contribution is 2.42. The number of amides is 1. The van der Waals surface area contributed by atoms with Crippen molar-refractivity contribution in [3.8, 4) is 0 Å². The average Bonchev–Trinajstić information content (AvgIpc) is 2.96. The third-order valence-electron chi connectivity index (χ3n) is 5.34. The van der Waals surface area contributed by atoms with Crippen molar-refractivity contribution < 1.29 is 9.90 Å². The van der Waals surface area contributed by atoms with Crippen LogP contribution in [-0.2, 0) is 0 Å². The van der Waals surface area contributed by atoms with Crippen LogP contribution in [-0.4, -0.2) is 34.2 Å². The van der Waals surface area contributed by atoms with Crippen molar-refractivity contribution >= 4 is 11.6 Å². The average molecular weight is 303 g/mol. The molecule has 0 radical (unpaired) electrons. The topological polar surface area (TPSA) is 79.4 Å². The van der Waals surface area contributed by atoms with Crippen LogP contribution in [0.5, 0.6) is 0 Å². The molecule has 2 fully saturated rings. The SMILES string of the molecule is CC1(O)CCCCC1C1CCCN1c1ccnc(C(N)=O)c1. The first-order chi connectivity index (χ1) is 10.5. The Morgan fingerprint density at radius 3 is 2.95 bits per heavy atom. The number of hydrogen-bond acceptors (Lipinski definition) is 4. The summed E-state index contributed by atoms with van der Waals surface area (Å²) in [5, 5.41) is 10.8. The molecule has 3 N–H and O–H groups in total. The minimum atomic E-state index is -0.592. The van der Waals surface area contributed by atoms with Gasteiger partial charge in [-0.1, -0.05) is 12.8 Å². The number of pyridine rings is 1. The molecule has 1 aromatic heterocycles. The lowest BCUT2D eigenvalue weighted by Gasteiger charge is -2.44. The van der Waals surface area contributed by atoms with Gasteiger partial charge in [0, 0.05) is 30.4 Å². The zero-order valence-electron chi connectivity index (χ0n) is 13.2. The molecule has 0 bridgehead atoms. The summed E-state index contributed by atoms with van der Waals surface area (Å²) in [4.78, 5) is 17.7. The van der Waals surface area contributed by atoms with E-state index in [0.29, 0.717) is 11.7 Å². The van der Waals surface area contributed by atoms with E-state index in [1.165, 1.54) is 6.42 Å². The fourth-order valence-electron chi connectivity index (χ4n) is 4.21. The molecule has 2 aliphatic rings. The van der Waals surface area contributed by atoms with Crippen LogP contribution in [0.1, 0.15) is 55.9 Å². The first-order valence-corrected chi connectivity index (χ1v) is 8.24. The van der Waals surface area contributed by atoms with E-state index in [2.05, 4.69) is 9.88 Å². The highest BCUT2D eigenvalue weighted by molar-refractivity contribution is 5.91. The van der Waals surface area contributed by atoms with E-state index in [1.807, 2.05) is 13.0 Å². The summed E-state index contributed by atoms with van der Waals surface area (Å²) in [5.41, 5.74) is 6.05. The van der Waals surface area contributed by atoms with Gasteiger partial charge >= 0.3 is 0 Å². The summed E-state index contributed by atoms with van der Waals surface area (Å²) >= 11 is 0. The van der Waals surface area contributed by atoms with Crippen molar-refractivity contribution in [2.24, 2.45) is 11.7 Å². The number of carbonyl (C=O) groups is 1. The number of primary amides is 1. The van der Waals surface area contributed by atoms with Gasteiger partial charge in [0.2, 0.25) is 0 Å².